The Bertz CT molecular complexity index is 386. The molecule has 7 heteroatoms. The van der Waals surface area contributed by atoms with Gasteiger partial charge in [-0.05, 0) is 19.1 Å². The Morgan fingerprint density at radius 1 is 1.39 bits per heavy atom. The van der Waals surface area contributed by atoms with Crippen LogP contribution in [-0.4, -0.2) is 33.5 Å². The van der Waals surface area contributed by atoms with Crippen molar-refractivity contribution < 1.29 is 5.11 Å². The third kappa shape index (κ3) is 3.24. The summed E-state index contributed by atoms with van der Waals surface area (Å²) in [5.74, 6) is 6.61. The minimum atomic E-state index is -0.596. The van der Waals surface area contributed by atoms with Gasteiger partial charge in [0.05, 0.1) is 5.60 Å². The molecular weight excluding hydrogens is 250 g/mol. The second-order valence-corrected chi connectivity index (χ2v) is 5.33. The highest BCUT2D eigenvalue weighted by molar-refractivity contribution is 7.98. The molecule has 0 unspecified atom stereocenters. The summed E-state index contributed by atoms with van der Waals surface area (Å²) in [5.41, 5.74) is 1.92. The Hall–Kier alpha value is -1.05. The van der Waals surface area contributed by atoms with Gasteiger partial charge in [0.25, 0.3) is 0 Å². The molecule has 1 fully saturated rings. The fourth-order valence-corrected chi connectivity index (χ4v) is 2.53. The molecule has 0 aromatic carbocycles. The SMILES string of the molecule is CSc1nc(NN)cc(NCC2(O)CCCC2)n1. The number of hydrogen-bond acceptors (Lipinski definition) is 7. The van der Waals surface area contributed by atoms with Crippen molar-refractivity contribution >= 4 is 23.4 Å². The topological polar surface area (TPSA) is 96.1 Å². The second kappa shape index (κ2) is 5.73. The third-order valence-electron chi connectivity index (χ3n) is 3.17. The number of nitrogens with one attached hydrogen (secondary N) is 2. The number of nitrogens with zero attached hydrogens (tertiary/aromatic N) is 2. The number of anilines is 2. The van der Waals surface area contributed by atoms with Gasteiger partial charge in [-0.25, -0.2) is 15.8 Å². The number of hydrogen-bond donors (Lipinski definition) is 4. The molecule has 0 spiro atoms. The van der Waals surface area contributed by atoms with Crippen molar-refractivity contribution in [2.75, 3.05) is 23.5 Å². The van der Waals surface area contributed by atoms with Crippen LogP contribution in [0.5, 0.6) is 0 Å². The largest absolute Gasteiger partial charge is 0.388 e. The third-order valence-corrected chi connectivity index (χ3v) is 3.72. The zero-order valence-corrected chi connectivity index (χ0v) is 11.3. The Balaban J connectivity index is 2.04. The molecule has 0 aliphatic heterocycles. The van der Waals surface area contributed by atoms with Crippen LogP contribution in [0.4, 0.5) is 11.6 Å². The van der Waals surface area contributed by atoms with Gasteiger partial charge in [0.15, 0.2) is 5.16 Å². The maximum Gasteiger partial charge on any atom is 0.191 e. The fourth-order valence-electron chi connectivity index (χ4n) is 2.15. The van der Waals surface area contributed by atoms with E-state index in [9.17, 15) is 5.11 Å². The van der Waals surface area contributed by atoms with Gasteiger partial charge in [-0.2, -0.15) is 0 Å². The average Bonchev–Trinajstić information content (AvgIpc) is 2.83. The first-order valence-corrected chi connectivity index (χ1v) is 7.24. The van der Waals surface area contributed by atoms with Crippen molar-refractivity contribution in [3.05, 3.63) is 6.07 Å². The molecule has 0 saturated heterocycles. The van der Waals surface area contributed by atoms with E-state index in [1.165, 1.54) is 11.8 Å². The van der Waals surface area contributed by atoms with Crippen molar-refractivity contribution in [3.63, 3.8) is 0 Å². The van der Waals surface area contributed by atoms with E-state index in [4.69, 9.17) is 5.84 Å². The molecule has 1 heterocycles. The highest BCUT2D eigenvalue weighted by Crippen LogP contribution is 2.29. The molecule has 5 N–H and O–H groups in total. The van der Waals surface area contributed by atoms with Gasteiger partial charge >= 0.3 is 0 Å². The normalized spacial score (nSPS) is 17.7. The van der Waals surface area contributed by atoms with Crippen LogP contribution in [0.3, 0.4) is 0 Å². The standard InChI is InChI=1S/C11H19N5OS/c1-18-10-14-8(6-9(15-10)16-12)13-7-11(17)4-2-3-5-11/h6,17H,2-5,7,12H2,1H3,(H2,13,14,15,16). The van der Waals surface area contributed by atoms with Crippen LogP contribution in [-0.2, 0) is 0 Å². The Morgan fingerprint density at radius 3 is 2.67 bits per heavy atom. The Morgan fingerprint density at radius 2 is 2.06 bits per heavy atom. The van der Waals surface area contributed by atoms with Crippen molar-refractivity contribution in [2.45, 2.75) is 36.4 Å². The number of thioether (sulfide) groups is 1. The van der Waals surface area contributed by atoms with Crippen LogP contribution in [0, 0.1) is 0 Å². The van der Waals surface area contributed by atoms with Crippen LogP contribution in [0.15, 0.2) is 11.2 Å². The monoisotopic (exact) mass is 269 g/mol. The Labute approximate surface area is 111 Å². The van der Waals surface area contributed by atoms with Crippen LogP contribution >= 0.6 is 11.8 Å². The molecule has 2 rings (SSSR count). The summed E-state index contributed by atoms with van der Waals surface area (Å²) in [5, 5.41) is 14.1. The molecule has 0 bridgehead atoms. The number of aromatic nitrogens is 2. The van der Waals surface area contributed by atoms with E-state index >= 15 is 0 Å². The fraction of sp³-hybridized carbons (Fsp3) is 0.636. The molecule has 0 atom stereocenters. The predicted octanol–water partition coefficient (Wildman–Crippen LogP) is 1.20. The number of rotatable bonds is 5. The summed E-state index contributed by atoms with van der Waals surface area (Å²) in [4.78, 5) is 8.51. The summed E-state index contributed by atoms with van der Waals surface area (Å²) in [6, 6.07) is 1.73. The molecule has 6 nitrogen and oxygen atoms in total. The summed E-state index contributed by atoms with van der Waals surface area (Å²) in [6.45, 7) is 0.516. The van der Waals surface area contributed by atoms with E-state index in [1.807, 2.05) is 6.26 Å². The smallest absolute Gasteiger partial charge is 0.191 e. The van der Waals surface area contributed by atoms with Gasteiger partial charge in [0.1, 0.15) is 11.6 Å². The van der Waals surface area contributed by atoms with E-state index in [0.717, 1.165) is 25.7 Å². The van der Waals surface area contributed by atoms with E-state index in [0.29, 0.717) is 23.3 Å². The summed E-state index contributed by atoms with van der Waals surface area (Å²) in [6.07, 6.45) is 5.79. The maximum absolute atomic E-state index is 10.3. The van der Waals surface area contributed by atoms with Gasteiger partial charge < -0.3 is 15.8 Å². The number of aliphatic hydroxyl groups is 1. The second-order valence-electron chi connectivity index (χ2n) is 4.55. The summed E-state index contributed by atoms with van der Waals surface area (Å²) >= 11 is 1.45. The maximum atomic E-state index is 10.3. The molecular formula is C11H19N5OS. The molecule has 0 radical (unpaired) electrons. The van der Waals surface area contributed by atoms with E-state index < -0.39 is 5.60 Å². The first-order chi connectivity index (χ1) is 8.65. The van der Waals surface area contributed by atoms with Crippen LogP contribution in [0.2, 0.25) is 0 Å². The molecule has 100 valence electrons. The summed E-state index contributed by atoms with van der Waals surface area (Å²) < 4.78 is 0. The van der Waals surface area contributed by atoms with Crippen LogP contribution < -0.4 is 16.6 Å². The van der Waals surface area contributed by atoms with Gasteiger partial charge in [0.2, 0.25) is 0 Å². The van der Waals surface area contributed by atoms with Gasteiger partial charge in [0, 0.05) is 12.6 Å². The van der Waals surface area contributed by atoms with Crippen molar-refractivity contribution in [2.24, 2.45) is 5.84 Å². The van der Waals surface area contributed by atoms with Gasteiger partial charge in [-0.1, -0.05) is 24.6 Å². The molecule has 0 amide bonds. The lowest BCUT2D eigenvalue weighted by molar-refractivity contribution is 0.0614. The first-order valence-electron chi connectivity index (χ1n) is 6.01. The lowest BCUT2D eigenvalue weighted by Gasteiger charge is -2.22. The minimum Gasteiger partial charge on any atom is -0.388 e. The van der Waals surface area contributed by atoms with E-state index in [1.54, 1.807) is 6.07 Å². The Kier molecular flexibility index (Phi) is 4.26. The van der Waals surface area contributed by atoms with Gasteiger partial charge in [-0.3, -0.25) is 0 Å². The lowest BCUT2D eigenvalue weighted by Crippen LogP contribution is -2.33. The zero-order chi connectivity index (χ0) is 13.0. The molecule has 1 aromatic rings. The highest BCUT2D eigenvalue weighted by atomic mass is 32.2. The zero-order valence-electron chi connectivity index (χ0n) is 10.4. The molecule has 1 aliphatic rings. The predicted molar refractivity (Wildman–Crippen MR) is 73.5 cm³/mol. The van der Waals surface area contributed by atoms with E-state index in [-0.39, 0.29) is 0 Å². The first kappa shape index (κ1) is 13.4. The molecule has 18 heavy (non-hydrogen) atoms. The molecule has 1 saturated carbocycles. The van der Waals surface area contributed by atoms with Crippen molar-refractivity contribution in [1.29, 1.82) is 0 Å². The summed E-state index contributed by atoms with van der Waals surface area (Å²) in [7, 11) is 0. The molecule has 1 aromatic heterocycles. The van der Waals surface area contributed by atoms with Crippen molar-refractivity contribution in [1.82, 2.24) is 9.97 Å². The number of nitrogens with two attached hydrogens (primary N) is 1. The number of nitrogen functional groups attached to an aromatic ring is 1. The average molecular weight is 269 g/mol. The van der Waals surface area contributed by atoms with E-state index in [2.05, 4.69) is 20.7 Å². The van der Waals surface area contributed by atoms with Crippen LogP contribution in [0.1, 0.15) is 25.7 Å². The number of hydrazine groups is 1. The minimum absolute atomic E-state index is 0.516. The van der Waals surface area contributed by atoms with Gasteiger partial charge in [-0.15, -0.1) is 0 Å². The van der Waals surface area contributed by atoms with Crippen LogP contribution in [0.25, 0.3) is 0 Å². The highest BCUT2D eigenvalue weighted by Gasteiger charge is 2.30. The van der Waals surface area contributed by atoms with Crippen molar-refractivity contribution in [3.8, 4) is 0 Å². The lowest BCUT2D eigenvalue weighted by atomic mass is 10.0. The molecule has 1 aliphatic carbocycles. The quantitative estimate of drug-likeness (QED) is 0.276.